The highest BCUT2D eigenvalue weighted by atomic mass is 32.2. The van der Waals surface area contributed by atoms with E-state index in [1.165, 1.54) is 0 Å². The standard InChI is InChI=1S/C12H20N2O3S/c1-2-8-18-9-7-13-11(17)14-12(10(15)16)5-3-4-6-12/h2H,1,3-9H2,(H,15,16)(H2,13,14,17). The second-order valence-corrected chi connectivity index (χ2v) is 5.49. The molecule has 0 aromatic carbocycles. The van der Waals surface area contributed by atoms with E-state index in [2.05, 4.69) is 17.2 Å². The average molecular weight is 272 g/mol. The molecule has 0 bridgehead atoms. The van der Waals surface area contributed by atoms with E-state index in [4.69, 9.17) is 0 Å². The van der Waals surface area contributed by atoms with Crippen LogP contribution >= 0.6 is 11.8 Å². The van der Waals surface area contributed by atoms with Gasteiger partial charge in [0.2, 0.25) is 0 Å². The molecule has 1 saturated carbocycles. The molecule has 1 fully saturated rings. The smallest absolute Gasteiger partial charge is 0.329 e. The Hall–Kier alpha value is -1.17. The number of carbonyl (C=O) groups is 2. The van der Waals surface area contributed by atoms with Gasteiger partial charge in [0.1, 0.15) is 5.54 Å². The Labute approximate surface area is 111 Å². The average Bonchev–Trinajstić information content (AvgIpc) is 2.78. The number of carboxylic acids is 1. The maximum absolute atomic E-state index is 11.6. The predicted molar refractivity (Wildman–Crippen MR) is 72.9 cm³/mol. The molecule has 0 spiro atoms. The molecule has 0 heterocycles. The third-order valence-electron chi connectivity index (χ3n) is 2.99. The lowest BCUT2D eigenvalue weighted by Crippen LogP contribution is -2.55. The molecule has 0 saturated heterocycles. The summed E-state index contributed by atoms with van der Waals surface area (Å²) in [5.41, 5.74) is -1.06. The largest absolute Gasteiger partial charge is 0.480 e. The van der Waals surface area contributed by atoms with Crippen LogP contribution in [0.15, 0.2) is 12.7 Å². The van der Waals surface area contributed by atoms with Crippen molar-refractivity contribution in [2.75, 3.05) is 18.1 Å². The van der Waals surface area contributed by atoms with E-state index in [0.29, 0.717) is 19.4 Å². The fourth-order valence-corrected chi connectivity index (χ4v) is 2.62. The summed E-state index contributed by atoms with van der Waals surface area (Å²) >= 11 is 1.67. The van der Waals surface area contributed by atoms with Gasteiger partial charge in [0.25, 0.3) is 0 Å². The molecular weight excluding hydrogens is 252 g/mol. The van der Waals surface area contributed by atoms with E-state index in [1.807, 2.05) is 6.08 Å². The van der Waals surface area contributed by atoms with Crippen molar-refractivity contribution in [2.45, 2.75) is 31.2 Å². The van der Waals surface area contributed by atoms with Crippen molar-refractivity contribution in [1.29, 1.82) is 0 Å². The number of carboxylic acid groups (broad SMARTS) is 1. The summed E-state index contributed by atoms with van der Waals surface area (Å²) in [5, 5.41) is 14.5. The molecule has 5 nitrogen and oxygen atoms in total. The highest BCUT2D eigenvalue weighted by Crippen LogP contribution is 2.29. The van der Waals surface area contributed by atoms with Gasteiger partial charge in [0, 0.05) is 18.1 Å². The van der Waals surface area contributed by atoms with Crippen LogP contribution in [0.25, 0.3) is 0 Å². The Bertz CT molecular complexity index is 314. The topological polar surface area (TPSA) is 78.4 Å². The lowest BCUT2D eigenvalue weighted by atomic mass is 9.98. The van der Waals surface area contributed by atoms with Gasteiger partial charge < -0.3 is 15.7 Å². The van der Waals surface area contributed by atoms with Crippen LogP contribution in [0.1, 0.15) is 25.7 Å². The van der Waals surface area contributed by atoms with Gasteiger partial charge in [-0.05, 0) is 12.8 Å². The Balaban J connectivity index is 2.29. The Morgan fingerprint density at radius 1 is 1.39 bits per heavy atom. The molecule has 6 heteroatoms. The molecule has 18 heavy (non-hydrogen) atoms. The number of thioether (sulfide) groups is 1. The van der Waals surface area contributed by atoms with E-state index in [-0.39, 0.29) is 0 Å². The third-order valence-corrected chi connectivity index (χ3v) is 3.95. The first-order valence-corrected chi connectivity index (χ1v) is 7.24. The summed E-state index contributed by atoms with van der Waals surface area (Å²) < 4.78 is 0. The van der Waals surface area contributed by atoms with Crippen LogP contribution in [-0.2, 0) is 4.79 Å². The number of nitrogens with one attached hydrogen (secondary N) is 2. The zero-order valence-electron chi connectivity index (χ0n) is 10.4. The van der Waals surface area contributed by atoms with Gasteiger partial charge in [-0.25, -0.2) is 9.59 Å². The normalized spacial score (nSPS) is 17.1. The zero-order valence-corrected chi connectivity index (χ0v) is 11.2. The number of aliphatic carboxylic acids is 1. The maximum Gasteiger partial charge on any atom is 0.329 e. The zero-order chi connectivity index (χ0) is 13.4. The second-order valence-electron chi connectivity index (χ2n) is 4.34. The number of amides is 2. The van der Waals surface area contributed by atoms with Gasteiger partial charge in [0.05, 0.1) is 0 Å². The van der Waals surface area contributed by atoms with Crippen molar-refractivity contribution in [2.24, 2.45) is 0 Å². The summed E-state index contributed by atoms with van der Waals surface area (Å²) in [7, 11) is 0. The van der Waals surface area contributed by atoms with Crippen molar-refractivity contribution in [1.82, 2.24) is 10.6 Å². The Kier molecular flexibility index (Phi) is 6.04. The fourth-order valence-electron chi connectivity index (χ4n) is 2.04. The quantitative estimate of drug-likeness (QED) is 0.486. The summed E-state index contributed by atoms with van der Waals surface area (Å²) in [6.45, 7) is 4.13. The van der Waals surface area contributed by atoms with Gasteiger partial charge >= 0.3 is 12.0 Å². The molecule has 0 atom stereocenters. The van der Waals surface area contributed by atoms with Crippen molar-refractivity contribution >= 4 is 23.8 Å². The van der Waals surface area contributed by atoms with Crippen molar-refractivity contribution in [3.63, 3.8) is 0 Å². The summed E-state index contributed by atoms with van der Waals surface area (Å²) in [6.07, 6.45) is 4.54. The van der Waals surface area contributed by atoms with E-state index in [9.17, 15) is 14.7 Å². The molecule has 0 aliphatic heterocycles. The molecule has 3 N–H and O–H groups in total. The van der Waals surface area contributed by atoms with Crippen LogP contribution < -0.4 is 10.6 Å². The van der Waals surface area contributed by atoms with Crippen LogP contribution in [0, 0.1) is 0 Å². The number of urea groups is 1. The Morgan fingerprint density at radius 2 is 2.06 bits per heavy atom. The molecule has 0 unspecified atom stereocenters. The summed E-state index contributed by atoms with van der Waals surface area (Å²) in [6, 6.07) is -0.390. The molecule has 0 radical (unpaired) electrons. The number of hydrogen-bond donors (Lipinski definition) is 3. The first-order chi connectivity index (χ1) is 8.60. The molecule has 102 valence electrons. The SMILES string of the molecule is C=CCSCCNC(=O)NC1(C(=O)O)CCCC1. The van der Waals surface area contributed by atoms with Crippen molar-refractivity contribution < 1.29 is 14.7 Å². The van der Waals surface area contributed by atoms with Crippen LogP contribution in [0.4, 0.5) is 4.79 Å². The van der Waals surface area contributed by atoms with Crippen LogP contribution in [0.3, 0.4) is 0 Å². The molecule has 2 amide bonds. The lowest BCUT2D eigenvalue weighted by Gasteiger charge is -2.25. The molecule has 1 aliphatic carbocycles. The molecule has 0 aromatic rings. The highest BCUT2D eigenvalue weighted by Gasteiger charge is 2.42. The monoisotopic (exact) mass is 272 g/mol. The maximum atomic E-state index is 11.6. The molecule has 0 aromatic heterocycles. The van der Waals surface area contributed by atoms with Gasteiger partial charge in [-0.2, -0.15) is 11.8 Å². The third kappa shape index (κ3) is 4.25. The minimum Gasteiger partial charge on any atom is -0.480 e. The number of hydrogen-bond acceptors (Lipinski definition) is 3. The summed E-state index contributed by atoms with van der Waals surface area (Å²) in [4.78, 5) is 22.8. The molecule has 1 aliphatic rings. The molecular formula is C12H20N2O3S. The minimum absolute atomic E-state index is 0.390. The van der Waals surface area contributed by atoms with E-state index < -0.39 is 17.5 Å². The number of carbonyl (C=O) groups excluding carboxylic acids is 1. The van der Waals surface area contributed by atoms with E-state index in [0.717, 1.165) is 24.3 Å². The predicted octanol–water partition coefficient (Wildman–Crippen LogP) is 1.60. The Morgan fingerprint density at radius 3 is 2.61 bits per heavy atom. The summed E-state index contributed by atoms with van der Waals surface area (Å²) in [5.74, 6) is 0.707. The highest BCUT2D eigenvalue weighted by molar-refractivity contribution is 7.99. The molecule has 1 rings (SSSR count). The first-order valence-electron chi connectivity index (χ1n) is 6.09. The van der Waals surface area contributed by atoms with Gasteiger partial charge in [-0.15, -0.1) is 6.58 Å². The number of rotatable bonds is 7. The van der Waals surface area contributed by atoms with Gasteiger partial charge in [0.15, 0.2) is 0 Å². The fraction of sp³-hybridized carbons (Fsp3) is 0.667. The van der Waals surface area contributed by atoms with Gasteiger partial charge in [-0.3, -0.25) is 0 Å². The lowest BCUT2D eigenvalue weighted by molar-refractivity contribution is -0.144. The first kappa shape index (κ1) is 14.9. The second kappa shape index (κ2) is 7.31. The minimum atomic E-state index is -1.06. The van der Waals surface area contributed by atoms with Gasteiger partial charge in [-0.1, -0.05) is 18.9 Å². The van der Waals surface area contributed by atoms with Crippen LogP contribution in [0.2, 0.25) is 0 Å². The van der Waals surface area contributed by atoms with Crippen molar-refractivity contribution in [3.8, 4) is 0 Å². The van der Waals surface area contributed by atoms with Crippen LogP contribution in [0.5, 0.6) is 0 Å². The van der Waals surface area contributed by atoms with Crippen molar-refractivity contribution in [3.05, 3.63) is 12.7 Å². The van der Waals surface area contributed by atoms with E-state index in [1.54, 1.807) is 11.8 Å². The van der Waals surface area contributed by atoms with E-state index >= 15 is 0 Å². The van der Waals surface area contributed by atoms with Crippen LogP contribution in [-0.4, -0.2) is 40.7 Å².